The second-order valence-electron chi connectivity index (χ2n) is 13.3. The second-order valence-corrected chi connectivity index (χ2v) is 14.0. The van der Waals surface area contributed by atoms with Crippen LogP contribution < -0.4 is 36.1 Å². The molecule has 11 heteroatoms. The molecule has 0 aromatic heterocycles. The van der Waals surface area contributed by atoms with Gasteiger partial charge in [0.15, 0.2) is 0 Å². The maximum Gasteiger partial charge on any atom is 0.220 e. The number of benzene rings is 4. The summed E-state index contributed by atoms with van der Waals surface area (Å²) in [5.41, 5.74) is 8.95. The zero-order valence-corrected chi connectivity index (χ0v) is 31.1. The molecule has 2 atom stereocenters. The van der Waals surface area contributed by atoms with E-state index in [9.17, 15) is 4.79 Å². The van der Waals surface area contributed by atoms with Crippen molar-refractivity contribution in [1.82, 2.24) is 21.3 Å². The summed E-state index contributed by atoms with van der Waals surface area (Å²) in [5, 5.41) is 26.4. The van der Waals surface area contributed by atoms with E-state index in [1.807, 2.05) is 54.6 Å². The maximum atomic E-state index is 11.5. The molecule has 2 heterocycles. The fourth-order valence-corrected chi connectivity index (χ4v) is 7.54. The number of hydrogen-bond acceptors (Lipinski definition) is 8. The van der Waals surface area contributed by atoms with E-state index in [-0.39, 0.29) is 11.9 Å². The Morgan fingerprint density at radius 3 is 2.17 bits per heavy atom. The molecule has 0 radical (unpaired) electrons. The molecular formula is C41H46Cl2N6O3. The first-order chi connectivity index (χ1) is 25.3. The molecule has 1 amide bonds. The summed E-state index contributed by atoms with van der Waals surface area (Å²) in [6.07, 6.45) is 4.88. The number of anilines is 1. The Morgan fingerprint density at radius 2 is 1.48 bits per heavy atom. The highest BCUT2D eigenvalue weighted by Gasteiger charge is 2.21. The highest BCUT2D eigenvalue weighted by atomic mass is 35.5. The number of methoxy groups -OCH3 is 2. The molecule has 4 aromatic carbocycles. The monoisotopic (exact) mass is 740 g/mol. The molecule has 9 nitrogen and oxygen atoms in total. The van der Waals surface area contributed by atoms with Gasteiger partial charge in [0, 0.05) is 102 Å². The van der Waals surface area contributed by atoms with Gasteiger partial charge in [0.05, 0.1) is 19.2 Å². The lowest BCUT2D eigenvalue weighted by Gasteiger charge is -2.18. The number of halogens is 2. The predicted molar refractivity (Wildman–Crippen MR) is 212 cm³/mol. The molecule has 4 aromatic rings. The van der Waals surface area contributed by atoms with E-state index in [1.54, 1.807) is 14.2 Å². The van der Waals surface area contributed by atoms with Crippen molar-refractivity contribution in [2.45, 2.75) is 57.4 Å². The van der Waals surface area contributed by atoms with Crippen LogP contribution in [-0.2, 0) is 24.4 Å². The van der Waals surface area contributed by atoms with Gasteiger partial charge < -0.3 is 41.5 Å². The molecule has 272 valence electrons. The summed E-state index contributed by atoms with van der Waals surface area (Å²) in [6, 6.07) is 22.4. The van der Waals surface area contributed by atoms with E-state index in [0.717, 1.165) is 87.6 Å². The summed E-state index contributed by atoms with van der Waals surface area (Å²) in [4.78, 5) is 11.5. The minimum atomic E-state index is 0.101. The molecule has 2 fully saturated rings. The minimum absolute atomic E-state index is 0.101. The van der Waals surface area contributed by atoms with E-state index in [2.05, 4.69) is 45.3 Å². The van der Waals surface area contributed by atoms with Crippen molar-refractivity contribution in [3.63, 3.8) is 0 Å². The van der Waals surface area contributed by atoms with Gasteiger partial charge in [-0.05, 0) is 60.2 Å². The van der Waals surface area contributed by atoms with Crippen LogP contribution in [0.5, 0.6) is 11.5 Å². The van der Waals surface area contributed by atoms with Gasteiger partial charge in [-0.1, -0.05) is 72.2 Å². The molecule has 6 rings (SSSR count). The van der Waals surface area contributed by atoms with E-state index >= 15 is 0 Å². The van der Waals surface area contributed by atoms with Gasteiger partial charge in [0.25, 0.3) is 0 Å². The van der Waals surface area contributed by atoms with Crippen molar-refractivity contribution in [3.05, 3.63) is 111 Å². The van der Waals surface area contributed by atoms with Gasteiger partial charge in [-0.15, -0.1) is 0 Å². The lowest BCUT2D eigenvalue weighted by atomic mass is 9.94. The Bertz CT molecular complexity index is 1950. The largest absolute Gasteiger partial charge is 0.496 e. The van der Waals surface area contributed by atoms with Gasteiger partial charge in [-0.2, -0.15) is 0 Å². The van der Waals surface area contributed by atoms with Crippen LogP contribution in [0.2, 0.25) is 10.0 Å². The van der Waals surface area contributed by atoms with Crippen molar-refractivity contribution in [2.24, 2.45) is 0 Å². The predicted octanol–water partition coefficient (Wildman–Crippen LogP) is 7.68. The van der Waals surface area contributed by atoms with Crippen molar-refractivity contribution in [2.75, 3.05) is 32.6 Å². The number of carbonyl (C=O) groups is 1. The van der Waals surface area contributed by atoms with Gasteiger partial charge in [-0.3, -0.25) is 4.79 Å². The van der Waals surface area contributed by atoms with Crippen molar-refractivity contribution >= 4 is 41.0 Å². The van der Waals surface area contributed by atoms with Crippen LogP contribution in [0.25, 0.3) is 22.3 Å². The second kappa shape index (κ2) is 17.3. The van der Waals surface area contributed by atoms with Crippen LogP contribution in [0.4, 0.5) is 5.69 Å². The van der Waals surface area contributed by atoms with Gasteiger partial charge in [0.1, 0.15) is 11.5 Å². The molecule has 2 aliphatic heterocycles. The van der Waals surface area contributed by atoms with Crippen LogP contribution >= 0.6 is 23.2 Å². The Kier molecular flexibility index (Phi) is 12.4. The normalized spacial score (nSPS) is 16.8. The highest BCUT2D eigenvalue weighted by molar-refractivity contribution is 6.36. The zero-order valence-electron chi connectivity index (χ0n) is 29.6. The smallest absolute Gasteiger partial charge is 0.220 e. The average molecular weight is 742 g/mol. The van der Waals surface area contributed by atoms with Crippen LogP contribution in [0.3, 0.4) is 0 Å². The van der Waals surface area contributed by atoms with Crippen molar-refractivity contribution in [1.29, 1.82) is 5.41 Å². The summed E-state index contributed by atoms with van der Waals surface area (Å²) in [6.45, 7) is 7.23. The third kappa shape index (κ3) is 8.73. The van der Waals surface area contributed by atoms with E-state index in [0.29, 0.717) is 54.3 Å². The third-order valence-corrected chi connectivity index (χ3v) is 10.5. The SMILES string of the molecule is C=C1CCC(CNCc2ccc(-c3cccc(-c4cccc(NCc5cc(OC)c(CNCC6CCC(=O)N6)cc5Cl)c4C=N)c3Cl)cc2OC)N1. The molecule has 0 bridgehead atoms. The zero-order chi connectivity index (χ0) is 36.6. The Balaban J connectivity index is 1.16. The van der Waals surface area contributed by atoms with Crippen LogP contribution in [0.15, 0.2) is 79.0 Å². The Morgan fingerprint density at radius 1 is 0.808 bits per heavy atom. The van der Waals surface area contributed by atoms with E-state index in [1.165, 1.54) is 6.21 Å². The van der Waals surface area contributed by atoms with Crippen LogP contribution in [0.1, 0.15) is 47.9 Å². The van der Waals surface area contributed by atoms with E-state index in [4.69, 9.17) is 38.1 Å². The Hall–Kier alpha value is -4.54. The fourth-order valence-electron chi connectivity index (χ4n) is 6.95. The first kappa shape index (κ1) is 37.2. The van der Waals surface area contributed by atoms with E-state index < -0.39 is 0 Å². The molecule has 0 spiro atoms. The molecule has 2 saturated heterocycles. The average Bonchev–Trinajstić information content (AvgIpc) is 3.77. The number of rotatable bonds is 16. The molecule has 52 heavy (non-hydrogen) atoms. The fraction of sp³-hybridized carbons (Fsp3) is 0.317. The quantitative estimate of drug-likeness (QED) is 0.0653. The third-order valence-electron chi connectivity index (χ3n) is 9.76. The molecule has 0 aliphatic carbocycles. The van der Waals surface area contributed by atoms with Gasteiger partial charge in [-0.25, -0.2) is 0 Å². The lowest BCUT2D eigenvalue weighted by Crippen LogP contribution is -2.35. The standard InChI is InChI=1S/C41H46Cl2N6O3/c1-25-10-13-30(48-25)23-45-20-27-12-11-26(17-38(27)51-2)32-6-4-8-34(41(32)43)33-7-5-9-37(35(33)19-44)47-22-28-18-39(52-3)29(16-36(28)42)21-46-24-31-14-15-40(50)49-31/h4-9,11-12,16-19,30-31,44-48H,1,10,13-15,20-24H2,2-3H3,(H,49,50). The minimum Gasteiger partial charge on any atom is -0.496 e. The van der Waals surface area contributed by atoms with Crippen molar-refractivity contribution < 1.29 is 14.3 Å². The number of hydrogen-bond donors (Lipinski definition) is 6. The van der Waals surface area contributed by atoms with Gasteiger partial charge >= 0.3 is 0 Å². The summed E-state index contributed by atoms with van der Waals surface area (Å²) in [7, 11) is 3.33. The molecule has 0 saturated carbocycles. The molecular weight excluding hydrogens is 695 g/mol. The number of ether oxygens (including phenoxy) is 2. The summed E-state index contributed by atoms with van der Waals surface area (Å²) >= 11 is 13.9. The number of amides is 1. The first-order valence-electron chi connectivity index (χ1n) is 17.6. The number of carbonyl (C=O) groups excluding carboxylic acids is 1. The molecule has 2 unspecified atom stereocenters. The van der Waals surface area contributed by atoms with Crippen LogP contribution in [0, 0.1) is 5.41 Å². The maximum absolute atomic E-state index is 11.5. The van der Waals surface area contributed by atoms with Gasteiger partial charge in [0.2, 0.25) is 5.91 Å². The topological polar surface area (TPSA) is 120 Å². The van der Waals surface area contributed by atoms with Crippen LogP contribution in [-0.4, -0.2) is 51.5 Å². The lowest BCUT2D eigenvalue weighted by molar-refractivity contribution is -0.119. The Labute approximate surface area is 316 Å². The molecule has 6 N–H and O–H groups in total. The molecule has 2 aliphatic rings. The number of nitrogens with one attached hydrogen (secondary N) is 6. The van der Waals surface area contributed by atoms with Crippen molar-refractivity contribution in [3.8, 4) is 33.8 Å². The number of allylic oxidation sites excluding steroid dienone is 1. The highest BCUT2D eigenvalue weighted by Crippen LogP contribution is 2.40. The summed E-state index contributed by atoms with van der Waals surface area (Å²) < 4.78 is 11.5. The summed E-state index contributed by atoms with van der Waals surface area (Å²) in [5.74, 6) is 1.62. The first-order valence-corrected chi connectivity index (χ1v) is 18.4.